The predicted molar refractivity (Wildman–Crippen MR) is 67.0 cm³/mol. The number of aromatic amines is 1. The molecule has 1 saturated heterocycles. The zero-order valence-electron chi connectivity index (χ0n) is 10.1. The number of carboxylic acids is 1. The van der Waals surface area contributed by atoms with Crippen molar-refractivity contribution < 1.29 is 9.90 Å². The van der Waals surface area contributed by atoms with Crippen molar-refractivity contribution in [1.82, 2.24) is 19.7 Å². The Morgan fingerprint density at radius 3 is 3.11 bits per heavy atom. The molecule has 1 aromatic heterocycles. The molecule has 0 bridgehead atoms. The van der Waals surface area contributed by atoms with Crippen LogP contribution < -0.4 is 5.69 Å². The maximum absolute atomic E-state index is 11.8. The summed E-state index contributed by atoms with van der Waals surface area (Å²) in [5.41, 5.74) is -0.261. The molecule has 1 aliphatic rings. The summed E-state index contributed by atoms with van der Waals surface area (Å²) in [5.74, 6) is -1.00. The number of likely N-dealkylation sites (N-methyl/N-ethyl adjacent to an activating group) is 1. The van der Waals surface area contributed by atoms with Gasteiger partial charge in [-0.25, -0.2) is 9.89 Å². The zero-order chi connectivity index (χ0) is 13.1. The highest BCUT2D eigenvalue weighted by molar-refractivity contribution is 7.99. The maximum Gasteiger partial charge on any atom is 0.344 e. The van der Waals surface area contributed by atoms with E-state index in [4.69, 9.17) is 5.11 Å². The lowest BCUT2D eigenvalue weighted by atomic mass is 10.1. The number of carboxylic acid groups (broad SMARTS) is 1. The summed E-state index contributed by atoms with van der Waals surface area (Å²) >= 11 is 1.07. The van der Waals surface area contributed by atoms with Crippen molar-refractivity contribution in [3.63, 3.8) is 0 Å². The maximum atomic E-state index is 11.8. The van der Waals surface area contributed by atoms with Crippen molar-refractivity contribution in [1.29, 1.82) is 0 Å². The summed E-state index contributed by atoms with van der Waals surface area (Å²) in [6, 6.07) is 0.0753. The number of aromatic nitrogens is 3. The van der Waals surface area contributed by atoms with Gasteiger partial charge in [0.25, 0.3) is 0 Å². The van der Waals surface area contributed by atoms with E-state index in [1.165, 1.54) is 0 Å². The molecule has 1 aromatic rings. The lowest BCUT2D eigenvalue weighted by Gasteiger charge is -2.30. The number of hydrogen-bond acceptors (Lipinski definition) is 5. The number of rotatable bonds is 4. The molecule has 0 aliphatic carbocycles. The van der Waals surface area contributed by atoms with E-state index in [2.05, 4.69) is 15.1 Å². The average Bonchev–Trinajstić information content (AvgIpc) is 2.68. The molecular weight excluding hydrogens is 256 g/mol. The van der Waals surface area contributed by atoms with Gasteiger partial charge < -0.3 is 10.0 Å². The highest BCUT2D eigenvalue weighted by Gasteiger charge is 2.23. The fourth-order valence-electron chi connectivity index (χ4n) is 2.19. The van der Waals surface area contributed by atoms with Crippen LogP contribution in [-0.2, 0) is 4.79 Å². The molecule has 0 radical (unpaired) electrons. The highest BCUT2D eigenvalue weighted by Crippen LogP contribution is 2.23. The highest BCUT2D eigenvalue weighted by atomic mass is 32.2. The molecule has 1 fully saturated rings. The summed E-state index contributed by atoms with van der Waals surface area (Å²) in [6.07, 6.45) is 1.95. The van der Waals surface area contributed by atoms with Gasteiger partial charge in [0, 0.05) is 6.54 Å². The molecule has 0 saturated carbocycles. The summed E-state index contributed by atoms with van der Waals surface area (Å²) in [4.78, 5) is 24.5. The van der Waals surface area contributed by atoms with Gasteiger partial charge in [-0.1, -0.05) is 11.8 Å². The molecule has 1 aliphatic heterocycles. The Balaban J connectivity index is 2.17. The van der Waals surface area contributed by atoms with Crippen molar-refractivity contribution in [2.75, 3.05) is 25.9 Å². The predicted octanol–water partition coefficient (Wildman–Crippen LogP) is 0.0148. The van der Waals surface area contributed by atoms with Gasteiger partial charge in [-0.05, 0) is 26.4 Å². The van der Waals surface area contributed by atoms with E-state index in [0.717, 1.165) is 37.7 Å². The van der Waals surface area contributed by atoms with Gasteiger partial charge >= 0.3 is 11.7 Å². The second-order valence-electron chi connectivity index (χ2n) is 4.42. The Labute approximate surface area is 108 Å². The van der Waals surface area contributed by atoms with E-state index in [1.54, 1.807) is 4.57 Å². The SMILES string of the molecule is CN1CCCC(n2c(SCC(=O)O)n[nH]c2=O)C1. The number of nitrogens with zero attached hydrogens (tertiary/aromatic N) is 3. The van der Waals surface area contributed by atoms with Crippen LogP contribution in [0.15, 0.2) is 9.95 Å². The van der Waals surface area contributed by atoms with Crippen molar-refractivity contribution in [2.24, 2.45) is 0 Å². The first-order chi connectivity index (χ1) is 8.58. The van der Waals surface area contributed by atoms with Gasteiger partial charge in [0.2, 0.25) is 0 Å². The third-order valence-electron chi connectivity index (χ3n) is 2.96. The van der Waals surface area contributed by atoms with Crippen LogP contribution in [0.25, 0.3) is 0 Å². The Bertz CT molecular complexity index is 484. The van der Waals surface area contributed by atoms with E-state index in [1.807, 2.05) is 7.05 Å². The molecule has 0 spiro atoms. The van der Waals surface area contributed by atoms with Crippen LogP contribution in [-0.4, -0.2) is 56.6 Å². The van der Waals surface area contributed by atoms with Gasteiger partial charge in [0.15, 0.2) is 5.16 Å². The van der Waals surface area contributed by atoms with Crippen molar-refractivity contribution >= 4 is 17.7 Å². The molecular formula is C10H16N4O3S. The third-order valence-corrected chi connectivity index (χ3v) is 3.90. The molecule has 18 heavy (non-hydrogen) atoms. The molecule has 2 N–H and O–H groups in total. The standard InChI is InChI=1S/C10H16N4O3S/c1-13-4-2-3-7(5-13)14-9(17)11-12-10(14)18-6-8(15)16/h7H,2-6H2,1H3,(H,11,17)(H,15,16). The zero-order valence-corrected chi connectivity index (χ0v) is 10.9. The van der Waals surface area contributed by atoms with Crippen molar-refractivity contribution in [3.05, 3.63) is 10.5 Å². The molecule has 7 nitrogen and oxygen atoms in total. The van der Waals surface area contributed by atoms with Gasteiger partial charge in [0.1, 0.15) is 0 Å². The number of H-pyrrole nitrogens is 1. The van der Waals surface area contributed by atoms with Crippen molar-refractivity contribution in [2.45, 2.75) is 24.0 Å². The number of nitrogens with one attached hydrogen (secondary N) is 1. The number of hydrogen-bond donors (Lipinski definition) is 2. The molecule has 2 heterocycles. The molecule has 100 valence electrons. The summed E-state index contributed by atoms with van der Waals surface area (Å²) in [6.45, 7) is 1.82. The lowest BCUT2D eigenvalue weighted by Crippen LogP contribution is -2.37. The molecule has 1 unspecified atom stereocenters. The second kappa shape index (κ2) is 5.57. The number of piperidine rings is 1. The van der Waals surface area contributed by atoms with Crippen LogP contribution in [0.5, 0.6) is 0 Å². The first kappa shape index (κ1) is 13.2. The fraction of sp³-hybridized carbons (Fsp3) is 0.700. The number of carbonyl (C=O) groups is 1. The third kappa shape index (κ3) is 2.94. The Kier molecular flexibility index (Phi) is 4.07. The normalized spacial score (nSPS) is 21.1. The van der Waals surface area contributed by atoms with Crippen LogP contribution >= 0.6 is 11.8 Å². The number of likely N-dealkylation sites (tertiary alicyclic amines) is 1. The van der Waals surface area contributed by atoms with Crippen LogP contribution in [0.1, 0.15) is 18.9 Å². The molecule has 1 atom stereocenters. The smallest absolute Gasteiger partial charge is 0.344 e. The van der Waals surface area contributed by atoms with Gasteiger partial charge in [-0.2, -0.15) is 0 Å². The molecule has 0 aromatic carbocycles. The number of aliphatic carboxylic acids is 1. The lowest BCUT2D eigenvalue weighted by molar-refractivity contribution is -0.133. The first-order valence-electron chi connectivity index (χ1n) is 5.78. The summed E-state index contributed by atoms with van der Waals surface area (Å²) < 4.78 is 1.59. The van der Waals surface area contributed by atoms with Gasteiger partial charge in [-0.15, -0.1) is 5.10 Å². The molecule has 2 rings (SSSR count). The Morgan fingerprint density at radius 2 is 2.44 bits per heavy atom. The van der Waals surface area contributed by atoms with Crippen LogP contribution in [0.4, 0.5) is 0 Å². The van der Waals surface area contributed by atoms with Crippen LogP contribution in [0.2, 0.25) is 0 Å². The fourth-order valence-corrected chi connectivity index (χ4v) is 2.92. The minimum atomic E-state index is -0.914. The monoisotopic (exact) mass is 272 g/mol. The average molecular weight is 272 g/mol. The molecule has 8 heteroatoms. The topological polar surface area (TPSA) is 91.2 Å². The van der Waals surface area contributed by atoms with Crippen LogP contribution in [0.3, 0.4) is 0 Å². The summed E-state index contributed by atoms with van der Waals surface area (Å²) in [5, 5.41) is 15.4. The Morgan fingerprint density at radius 1 is 1.67 bits per heavy atom. The van der Waals surface area contributed by atoms with E-state index in [-0.39, 0.29) is 17.5 Å². The van der Waals surface area contributed by atoms with E-state index >= 15 is 0 Å². The number of thioether (sulfide) groups is 1. The van der Waals surface area contributed by atoms with E-state index in [0.29, 0.717) is 5.16 Å². The quantitative estimate of drug-likeness (QED) is 0.751. The summed E-state index contributed by atoms with van der Waals surface area (Å²) in [7, 11) is 2.02. The minimum absolute atomic E-state index is 0.0753. The van der Waals surface area contributed by atoms with E-state index in [9.17, 15) is 9.59 Å². The Hall–Kier alpha value is -1.28. The van der Waals surface area contributed by atoms with Gasteiger partial charge in [-0.3, -0.25) is 9.36 Å². The first-order valence-corrected chi connectivity index (χ1v) is 6.76. The largest absolute Gasteiger partial charge is 0.481 e. The van der Waals surface area contributed by atoms with E-state index < -0.39 is 5.97 Å². The second-order valence-corrected chi connectivity index (χ2v) is 5.36. The van der Waals surface area contributed by atoms with Crippen molar-refractivity contribution in [3.8, 4) is 0 Å². The minimum Gasteiger partial charge on any atom is -0.481 e. The molecule has 0 amide bonds. The van der Waals surface area contributed by atoms with Gasteiger partial charge in [0.05, 0.1) is 11.8 Å². The van der Waals surface area contributed by atoms with Crippen LogP contribution in [0, 0.1) is 0 Å².